The number of benzene rings is 2. The molecular weight excluding hydrogens is 284 g/mol. The first-order chi connectivity index (χ1) is 10.5. The summed E-state index contributed by atoms with van der Waals surface area (Å²) in [6, 6.07) is 11.2. The quantitative estimate of drug-likeness (QED) is 0.583. The van der Waals surface area contributed by atoms with E-state index in [-0.39, 0.29) is 11.3 Å². The number of nitrogens with one attached hydrogen (secondary N) is 1. The number of hydrazone groups is 1. The molecule has 3 N–H and O–H groups in total. The number of hydrogen-bond donors (Lipinski definition) is 3. The summed E-state index contributed by atoms with van der Waals surface area (Å²) >= 11 is 0. The molecule has 2 aromatic rings. The van der Waals surface area contributed by atoms with Gasteiger partial charge in [-0.15, -0.1) is 0 Å². The molecule has 0 saturated heterocycles. The van der Waals surface area contributed by atoms with Gasteiger partial charge in [-0.1, -0.05) is 0 Å². The largest absolute Gasteiger partial charge is 0.507 e. The van der Waals surface area contributed by atoms with E-state index >= 15 is 0 Å². The number of phenols is 1. The number of methoxy groups -OCH3 is 1. The van der Waals surface area contributed by atoms with Crippen molar-refractivity contribution < 1.29 is 19.7 Å². The maximum atomic E-state index is 10.8. The summed E-state index contributed by atoms with van der Waals surface area (Å²) in [6.07, 6.45) is 0. The van der Waals surface area contributed by atoms with Gasteiger partial charge in [0, 0.05) is 11.6 Å². The summed E-state index contributed by atoms with van der Waals surface area (Å²) in [5.74, 6) is -0.343. The van der Waals surface area contributed by atoms with Crippen molar-refractivity contribution in [1.82, 2.24) is 0 Å². The summed E-state index contributed by atoms with van der Waals surface area (Å²) in [5.41, 5.74) is 4.84. The van der Waals surface area contributed by atoms with Crippen molar-refractivity contribution in [3.05, 3.63) is 53.6 Å². The lowest BCUT2D eigenvalue weighted by Gasteiger charge is -2.07. The SMILES string of the molecule is COc1ccc(/C(C)=N\Nc2ccc(C(=O)O)cc2)c(O)c1. The van der Waals surface area contributed by atoms with Gasteiger partial charge in [0.2, 0.25) is 0 Å². The molecule has 0 radical (unpaired) electrons. The first kappa shape index (κ1) is 15.4. The van der Waals surface area contributed by atoms with Gasteiger partial charge in [0.15, 0.2) is 0 Å². The monoisotopic (exact) mass is 300 g/mol. The fourth-order valence-electron chi connectivity index (χ4n) is 1.84. The number of hydrogen-bond acceptors (Lipinski definition) is 5. The minimum absolute atomic E-state index is 0.0728. The van der Waals surface area contributed by atoms with Crippen LogP contribution >= 0.6 is 0 Å². The number of carbonyl (C=O) groups is 1. The predicted octanol–water partition coefficient (Wildman–Crippen LogP) is 2.94. The zero-order chi connectivity index (χ0) is 16.1. The van der Waals surface area contributed by atoms with E-state index in [1.165, 1.54) is 25.3 Å². The Labute approximate surface area is 127 Å². The Morgan fingerprint density at radius 3 is 2.41 bits per heavy atom. The van der Waals surface area contributed by atoms with Crippen molar-refractivity contribution in [3.63, 3.8) is 0 Å². The van der Waals surface area contributed by atoms with Crippen LogP contribution in [0.25, 0.3) is 0 Å². The molecule has 0 saturated carbocycles. The Hall–Kier alpha value is -3.02. The molecule has 2 rings (SSSR count). The molecule has 0 aliphatic heterocycles. The Balaban J connectivity index is 2.14. The molecule has 0 aliphatic carbocycles. The minimum Gasteiger partial charge on any atom is -0.507 e. The number of aromatic carboxylic acids is 1. The Morgan fingerprint density at radius 1 is 1.18 bits per heavy atom. The molecule has 0 atom stereocenters. The van der Waals surface area contributed by atoms with Gasteiger partial charge >= 0.3 is 5.97 Å². The van der Waals surface area contributed by atoms with Crippen LogP contribution < -0.4 is 10.2 Å². The summed E-state index contributed by atoms with van der Waals surface area (Å²) in [6.45, 7) is 1.75. The third-order valence-electron chi connectivity index (χ3n) is 3.08. The number of ether oxygens (including phenoxy) is 1. The molecule has 0 aliphatic rings. The molecular formula is C16H16N2O4. The highest BCUT2D eigenvalue weighted by Crippen LogP contribution is 2.24. The molecule has 6 heteroatoms. The molecule has 114 valence electrons. The Bertz CT molecular complexity index is 709. The molecule has 2 aromatic carbocycles. The van der Waals surface area contributed by atoms with Gasteiger partial charge in [0.05, 0.1) is 24.1 Å². The second-order valence-electron chi connectivity index (χ2n) is 4.57. The molecule has 0 bridgehead atoms. The maximum absolute atomic E-state index is 10.8. The molecule has 0 spiro atoms. The highest BCUT2D eigenvalue weighted by molar-refractivity contribution is 6.01. The van der Waals surface area contributed by atoms with Crippen LogP contribution in [0.2, 0.25) is 0 Å². The summed E-state index contributed by atoms with van der Waals surface area (Å²) in [5, 5.41) is 22.9. The zero-order valence-electron chi connectivity index (χ0n) is 12.2. The van der Waals surface area contributed by atoms with E-state index in [1.54, 1.807) is 31.2 Å². The molecule has 0 unspecified atom stereocenters. The van der Waals surface area contributed by atoms with Crippen LogP contribution in [0.1, 0.15) is 22.8 Å². The fourth-order valence-corrected chi connectivity index (χ4v) is 1.84. The number of phenolic OH excluding ortho intramolecular Hbond substituents is 1. The van der Waals surface area contributed by atoms with Crippen molar-refractivity contribution in [2.24, 2.45) is 5.10 Å². The second-order valence-corrected chi connectivity index (χ2v) is 4.57. The van der Waals surface area contributed by atoms with Gasteiger partial charge in [0.25, 0.3) is 0 Å². The molecule has 0 heterocycles. The van der Waals surface area contributed by atoms with E-state index < -0.39 is 5.97 Å². The van der Waals surface area contributed by atoms with Crippen LogP contribution in [0.5, 0.6) is 11.5 Å². The van der Waals surface area contributed by atoms with E-state index in [0.29, 0.717) is 22.7 Å². The fraction of sp³-hybridized carbons (Fsp3) is 0.125. The maximum Gasteiger partial charge on any atom is 0.335 e. The highest BCUT2D eigenvalue weighted by Gasteiger charge is 2.06. The number of nitrogens with zero attached hydrogens (tertiary/aromatic N) is 1. The molecule has 0 fully saturated rings. The number of rotatable bonds is 5. The lowest BCUT2D eigenvalue weighted by atomic mass is 10.1. The molecule has 0 aromatic heterocycles. The topological polar surface area (TPSA) is 91.2 Å². The van der Waals surface area contributed by atoms with E-state index in [4.69, 9.17) is 9.84 Å². The third kappa shape index (κ3) is 3.54. The van der Waals surface area contributed by atoms with Gasteiger partial charge in [-0.2, -0.15) is 5.10 Å². The van der Waals surface area contributed by atoms with Crippen molar-refractivity contribution >= 4 is 17.4 Å². The average molecular weight is 300 g/mol. The van der Waals surface area contributed by atoms with Crippen LogP contribution in [-0.4, -0.2) is 29.0 Å². The van der Waals surface area contributed by atoms with E-state index in [9.17, 15) is 9.90 Å². The number of carboxylic acids is 1. The van der Waals surface area contributed by atoms with Gasteiger partial charge in [-0.25, -0.2) is 4.79 Å². The van der Waals surface area contributed by atoms with Crippen molar-refractivity contribution in [3.8, 4) is 11.5 Å². The number of anilines is 1. The first-order valence-corrected chi connectivity index (χ1v) is 6.52. The van der Waals surface area contributed by atoms with E-state index in [2.05, 4.69) is 10.5 Å². The van der Waals surface area contributed by atoms with Crippen molar-refractivity contribution in [1.29, 1.82) is 0 Å². The van der Waals surface area contributed by atoms with Gasteiger partial charge in [0.1, 0.15) is 11.5 Å². The Morgan fingerprint density at radius 2 is 1.86 bits per heavy atom. The third-order valence-corrected chi connectivity index (χ3v) is 3.08. The van der Waals surface area contributed by atoms with E-state index in [0.717, 1.165) is 0 Å². The minimum atomic E-state index is -0.977. The second kappa shape index (κ2) is 6.62. The summed E-state index contributed by atoms with van der Waals surface area (Å²) < 4.78 is 5.03. The van der Waals surface area contributed by atoms with Crippen molar-refractivity contribution in [2.75, 3.05) is 12.5 Å². The van der Waals surface area contributed by atoms with Crippen molar-refractivity contribution in [2.45, 2.75) is 6.92 Å². The summed E-state index contributed by atoms with van der Waals surface area (Å²) in [4.78, 5) is 10.8. The van der Waals surface area contributed by atoms with Crippen LogP contribution in [0.15, 0.2) is 47.6 Å². The molecule has 6 nitrogen and oxygen atoms in total. The first-order valence-electron chi connectivity index (χ1n) is 6.52. The molecule has 22 heavy (non-hydrogen) atoms. The zero-order valence-corrected chi connectivity index (χ0v) is 12.2. The lowest BCUT2D eigenvalue weighted by molar-refractivity contribution is 0.0697. The van der Waals surface area contributed by atoms with Crippen LogP contribution in [0, 0.1) is 0 Å². The standard InChI is InChI=1S/C16H16N2O4/c1-10(14-8-7-13(22-2)9-15(14)19)17-18-12-5-3-11(4-6-12)16(20)21/h3-9,18-19H,1-2H3,(H,20,21)/b17-10-. The number of aromatic hydroxyl groups is 1. The van der Waals surface area contributed by atoms with Gasteiger partial charge in [-0.3, -0.25) is 5.43 Å². The van der Waals surface area contributed by atoms with Gasteiger partial charge < -0.3 is 14.9 Å². The van der Waals surface area contributed by atoms with Crippen LogP contribution in [-0.2, 0) is 0 Å². The lowest BCUT2D eigenvalue weighted by Crippen LogP contribution is -2.01. The number of carboxylic acid groups (broad SMARTS) is 1. The average Bonchev–Trinajstić information content (AvgIpc) is 2.52. The highest BCUT2D eigenvalue weighted by atomic mass is 16.5. The molecule has 0 amide bonds. The Kier molecular flexibility index (Phi) is 4.63. The van der Waals surface area contributed by atoms with E-state index in [1.807, 2.05) is 0 Å². The summed E-state index contributed by atoms with van der Waals surface area (Å²) in [7, 11) is 1.53. The van der Waals surface area contributed by atoms with Crippen LogP contribution in [0.4, 0.5) is 5.69 Å². The smallest absolute Gasteiger partial charge is 0.335 e. The van der Waals surface area contributed by atoms with Crippen LogP contribution in [0.3, 0.4) is 0 Å². The normalized spacial score (nSPS) is 11.1. The van der Waals surface area contributed by atoms with Gasteiger partial charge in [-0.05, 0) is 43.3 Å². The predicted molar refractivity (Wildman–Crippen MR) is 83.9 cm³/mol.